The van der Waals surface area contributed by atoms with Crippen molar-refractivity contribution in [1.82, 2.24) is 0 Å². The second-order valence-electron chi connectivity index (χ2n) is 4.99. The molecule has 1 heterocycles. The van der Waals surface area contributed by atoms with Gasteiger partial charge in [0.05, 0.1) is 0 Å². The van der Waals surface area contributed by atoms with E-state index in [-0.39, 0.29) is 5.91 Å². The van der Waals surface area contributed by atoms with Crippen molar-refractivity contribution in [3.63, 3.8) is 0 Å². The number of hydrogen-bond acceptors (Lipinski definition) is 3. The van der Waals surface area contributed by atoms with E-state index in [1.807, 2.05) is 52.8 Å². The van der Waals surface area contributed by atoms with Crippen LogP contribution in [0.25, 0.3) is 0 Å². The predicted octanol–water partition coefficient (Wildman–Crippen LogP) is 4.65. The van der Waals surface area contributed by atoms with Crippen LogP contribution >= 0.6 is 21.6 Å². The van der Waals surface area contributed by atoms with E-state index in [0.29, 0.717) is 6.42 Å². The van der Waals surface area contributed by atoms with Gasteiger partial charge in [0.2, 0.25) is 5.91 Å². The van der Waals surface area contributed by atoms with Gasteiger partial charge in [0, 0.05) is 23.1 Å². The molecule has 0 spiro atoms. The van der Waals surface area contributed by atoms with Gasteiger partial charge in [-0.15, -0.1) is 0 Å². The second-order valence-corrected chi connectivity index (χ2v) is 7.78. The molecule has 1 aromatic rings. The number of aryl methyl sites for hydroxylation is 1. The second kappa shape index (κ2) is 7.85. The predicted molar refractivity (Wildman–Crippen MR) is 86.7 cm³/mol. The standard InChI is InChI=1S/C15H21NOS2/c1-12-5-4-6-13(11-12)16-15(17)8-3-2-7-14-9-10-18-19-14/h4-6,11,14H,2-3,7-10H2,1H3,(H,16,17). The maximum absolute atomic E-state index is 11.8. The van der Waals surface area contributed by atoms with E-state index in [0.717, 1.165) is 17.4 Å². The van der Waals surface area contributed by atoms with Crippen molar-refractivity contribution < 1.29 is 4.79 Å². The van der Waals surface area contributed by atoms with E-state index >= 15 is 0 Å². The Bertz CT molecular complexity index is 416. The highest BCUT2D eigenvalue weighted by Crippen LogP contribution is 2.39. The summed E-state index contributed by atoms with van der Waals surface area (Å²) in [4.78, 5) is 11.8. The first kappa shape index (κ1) is 14.8. The Morgan fingerprint density at radius 2 is 2.32 bits per heavy atom. The van der Waals surface area contributed by atoms with Gasteiger partial charge in [-0.3, -0.25) is 4.79 Å². The number of unbranched alkanes of at least 4 members (excludes halogenated alkanes) is 1. The van der Waals surface area contributed by atoms with Crippen molar-refractivity contribution in [3.8, 4) is 0 Å². The average Bonchev–Trinajstić information content (AvgIpc) is 2.88. The zero-order valence-electron chi connectivity index (χ0n) is 11.4. The molecule has 0 aromatic heterocycles. The van der Waals surface area contributed by atoms with Gasteiger partial charge in [-0.1, -0.05) is 40.1 Å². The van der Waals surface area contributed by atoms with Crippen LogP contribution in [0, 0.1) is 6.92 Å². The maximum atomic E-state index is 11.8. The summed E-state index contributed by atoms with van der Waals surface area (Å²) < 4.78 is 0. The summed E-state index contributed by atoms with van der Waals surface area (Å²) in [6.45, 7) is 2.03. The molecule has 0 saturated carbocycles. The lowest BCUT2D eigenvalue weighted by Gasteiger charge is -2.08. The smallest absolute Gasteiger partial charge is 0.224 e. The minimum Gasteiger partial charge on any atom is -0.326 e. The number of benzene rings is 1. The third-order valence-electron chi connectivity index (χ3n) is 3.21. The number of rotatable bonds is 6. The van der Waals surface area contributed by atoms with Gasteiger partial charge >= 0.3 is 0 Å². The average molecular weight is 295 g/mol. The van der Waals surface area contributed by atoms with Crippen molar-refractivity contribution in [1.29, 1.82) is 0 Å². The summed E-state index contributed by atoms with van der Waals surface area (Å²) in [5.41, 5.74) is 2.08. The maximum Gasteiger partial charge on any atom is 0.224 e. The molecule has 1 unspecified atom stereocenters. The van der Waals surface area contributed by atoms with Crippen LogP contribution in [-0.4, -0.2) is 16.9 Å². The fourth-order valence-corrected chi connectivity index (χ4v) is 5.20. The van der Waals surface area contributed by atoms with Crippen molar-refractivity contribution >= 4 is 33.2 Å². The van der Waals surface area contributed by atoms with E-state index in [1.54, 1.807) is 0 Å². The Hall–Kier alpha value is -0.610. The van der Waals surface area contributed by atoms with Crippen LogP contribution in [0.3, 0.4) is 0 Å². The molecule has 0 aliphatic carbocycles. The lowest BCUT2D eigenvalue weighted by molar-refractivity contribution is -0.116. The van der Waals surface area contributed by atoms with Crippen LogP contribution in [0.4, 0.5) is 5.69 Å². The molecule has 2 rings (SSSR count). The zero-order chi connectivity index (χ0) is 13.5. The molecule has 1 fully saturated rings. The van der Waals surface area contributed by atoms with Crippen LogP contribution < -0.4 is 5.32 Å². The monoisotopic (exact) mass is 295 g/mol. The largest absolute Gasteiger partial charge is 0.326 e. The molecule has 1 atom stereocenters. The molecule has 1 aliphatic heterocycles. The highest BCUT2D eigenvalue weighted by Gasteiger charge is 2.15. The normalized spacial score (nSPS) is 18.5. The number of anilines is 1. The zero-order valence-corrected chi connectivity index (χ0v) is 13.0. The Morgan fingerprint density at radius 3 is 3.05 bits per heavy atom. The SMILES string of the molecule is Cc1cccc(NC(=O)CCCCC2CCSS2)c1. The summed E-state index contributed by atoms with van der Waals surface area (Å²) >= 11 is 0. The Morgan fingerprint density at radius 1 is 1.42 bits per heavy atom. The topological polar surface area (TPSA) is 29.1 Å². The lowest BCUT2D eigenvalue weighted by atomic mass is 10.1. The quantitative estimate of drug-likeness (QED) is 0.612. The molecule has 1 N–H and O–H groups in total. The molecule has 0 bridgehead atoms. The van der Waals surface area contributed by atoms with E-state index in [2.05, 4.69) is 5.32 Å². The van der Waals surface area contributed by atoms with Gasteiger partial charge in [-0.25, -0.2) is 0 Å². The Kier molecular flexibility index (Phi) is 6.11. The fraction of sp³-hybridized carbons (Fsp3) is 0.533. The van der Waals surface area contributed by atoms with Crippen molar-refractivity contribution in [2.75, 3.05) is 11.1 Å². The molecule has 1 saturated heterocycles. The molecule has 0 radical (unpaired) electrons. The Labute approximate surface area is 123 Å². The van der Waals surface area contributed by atoms with Crippen LogP contribution in [-0.2, 0) is 4.79 Å². The van der Waals surface area contributed by atoms with E-state index in [9.17, 15) is 4.79 Å². The van der Waals surface area contributed by atoms with Gasteiger partial charge in [0.25, 0.3) is 0 Å². The first-order chi connectivity index (χ1) is 9.24. The number of hydrogen-bond donors (Lipinski definition) is 1. The number of carbonyl (C=O) groups excluding carboxylic acids is 1. The highest BCUT2D eigenvalue weighted by atomic mass is 33.1. The van der Waals surface area contributed by atoms with Crippen molar-refractivity contribution in [2.45, 2.75) is 44.3 Å². The first-order valence-corrected chi connectivity index (χ1v) is 9.27. The molecular formula is C15H21NOS2. The van der Waals surface area contributed by atoms with Gasteiger partial charge in [-0.05, 0) is 43.9 Å². The molecule has 19 heavy (non-hydrogen) atoms. The number of amides is 1. The molecule has 1 aromatic carbocycles. The summed E-state index contributed by atoms with van der Waals surface area (Å²) in [7, 11) is 4.01. The lowest BCUT2D eigenvalue weighted by Crippen LogP contribution is -2.11. The number of nitrogens with one attached hydrogen (secondary N) is 1. The minimum atomic E-state index is 0.138. The third-order valence-corrected chi connectivity index (χ3v) is 6.22. The van der Waals surface area contributed by atoms with Gasteiger partial charge in [0.1, 0.15) is 0 Å². The minimum absolute atomic E-state index is 0.138. The first-order valence-electron chi connectivity index (χ1n) is 6.89. The summed E-state index contributed by atoms with van der Waals surface area (Å²) in [6.07, 6.45) is 5.40. The summed E-state index contributed by atoms with van der Waals surface area (Å²) in [6, 6.07) is 7.95. The molecule has 4 heteroatoms. The summed E-state index contributed by atoms with van der Waals surface area (Å²) in [5.74, 6) is 1.43. The highest BCUT2D eigenvalue weighted by molar-refractivity contribution is 8.77. The van der Waals surface area contributed by atoms with E-state index < -0.39 is 0 Å². The van der Waals surface area contributed by atoms with Crippen LogP contribution in [0.5, 0.6) is 0 Å². The summed E-state index contributed by atoms with van der Waals surface area (Å²) in [5, 5.41) is 3.79. The van der Waals surface area contributed by atoms with Crippen LogP contribution in [0.15, 0.2) is 24.3 Å². The van der Waals surface area contributed by atoms with E-state index in [1.165, 1.54) is 30.6 Å². The Balaban J connectivity index is 1.61. The van der Waals surface area contributed by atoms with Crippen LogP contribution in [0.2, 0.25) is 0 Å². The van der Waals surface area contributed by atoms with Crippen molar-refractivity contribution in [3.05, 3.63) is 29.8 Å². The van der Waals surface area contributed by atoms with Gasteiger partial charge < -0.3 is 5.32 Å². The molecular weight excluding hydrogens is 274 g/mol. The molecule has 1 amide bonds. The van der Waals surface area contributed by atoms with Crippen LogP contribution in [0.1, 0.15) is 37.7 Å². The van der Waals surface area contributed by atoms with E-state index in [4.69, 9.17) is 0 Å². The molecule has 104 valence electrons. The van der Waals surface area contributed by atoms with Gasteiger partial charge in [-0.2, -0.15) is 0 Å². The molecule has 2 nitrogen and oxygen atoms in total. The fourth-order valence-electron chi connectivity index (χ4n) is 2.17. The third kappa shape index (κ3) is 5.49. The molecule has 1 aliphatic rings. The van der Waals surface area contributed by atoms with Crippen molar-refractivity contribution in [2.24, 2.45) is 0 Å². The van der Waals surface area contributed by atoms with Gasteiger partial charge in [0.15, 0.2) is 0 Å². The number of carbonyl (C=O) groups is 1.